The highest BCUT2D eigenvalue weighted by molar-refractivity contribution is 7.85. The van der Waals surface area contributed by atoms with Crippen LogP contribution in [0.4, 0.5) is 0 Å². The summed E-state index contributed by atoms with van der Waals surface area (Å²) in [5.74, 6) is 0.227. The molecule has 0 bridgehead atoms. The van der Waals surface area contributed by atoms with E-state index in [0.29, 0.717) is 5.56 Å². The molecular formula is C8H8O5S. The number of hydrogen-bond acceptors (Lipinski definition) is 4. The van der Waals surface area contributed by atoms with E-state index in [2.05, 4.69) is 4.74 Å². The highest BCUT2D eigenvalue weighted by Crippen LogP contribution is 2.20. The molecule has 0 atom stereocenters. The van der Waals surface area contributed by atoms with Crippen LogP contribution in [0, 0.1) is 6.92 Å². The molecule has 0 heterocycles. The first kappa shape index (κ1) is 10.7. The third-order valence-corrected chi connectivity index (χ3v) is 2.62. The van der Waals surface area contributed by atoms with Crippen LogP contribution < -0.4 is 4.74 Å². The van der Waals surface area contributed by atoms with Crippen molar-refractivity contribution in [3.63, 3.8) is 0 Å². The number of carbonyl (C=O) groups excluding carboxylic acids is 1. The normalized spacial score (nSPS) is 11.0. The van der Waals surface area contributed by atoms with Crippen LogP contribution >= 0.6 is 0 Å². The molecule has 1 rings (SSSR count). The average molecular weight is 216 g/mol. The summed E-state index contributed by atoms with van der Waals surface area (Å²) in [6.07, 6.45) is 0. The Morgan fingerprint density at radius 2 is 2.07 bits per heavy atom. The Kier molecular flexibility index (Phi) is 2.87. The van der Waals surface area contributed by atoms with Crippen molar-refractivity contribution >= 4 is 16.6 Å². The van der Waals surface area contributed by atoms with Gasteiger partial charge in [0.25, 0.3) is 16.6 Å². The minimum atomic E-state index is -4.21. The second-order valence-electron chi connectivity index (χ2n) is 2.62. The molecule has 0 aliphatic heterocycles. The lowest BCUT2D eigenvalue weighted by Crippen LogP contribution is -2.01. The number of rotatable bonds is 3. The third kappa shape index (κ3) is 2.30. The Bertz CT molecular complexity index is 449. The zero-order chi connectivity index (χ0) is 10.8. The van der Waals surface area contributed by atoms with Gasteiger partial charge in [0.05, 0.1) is 4.90 Å². The van der Waals surface area contributed by atoms with Crippen molar-refractivity contribution in [2.45, 2.75) is 11.8 Å². The van der Waals surface area contributed by atoms with Gasteiger partial charge in [-0.1, -0.05) is 0 Å². The van der Waals surface area contributed by atoms with Gasteiger partial charge in [-0.3, -0.25) is 9.35 Å². The Hall–Kier alpha value is -1.40. The second kappa shape index (κ2) is 3.77. The Balaban J connectivity index is 3.21. The fourth-order valence-electron chi connectivity index (χ4n) is 1.04. The van der Waals surface area contributed by atoms with Crippen LogP contribution in [0.3, 0.4) is 0 Å². The average Bonchev–Trinajstić information content (AvgIpc) is 2.02. The van der Waals surface area contributed by atoms with E-state index in [1.54, 1.807) is 0 Å². The van der Waals surface area contributed by atoms with Gasteiger partial charge in [0, 0.05) is 0 Å². The van der Waals surface area contributed by atoms with Crippen LogP contribution in [0.5, 0.6) is 5.75 Å². The van der Waals surface area contributed by atoms with Crippen LogP contribution in [0.1, 0.15) is 5.56 Å². The lowest BCUT2D eigenvalue weighted by molar-refractivity contribution is -0.120. The van der Waals surface area contributed by atoms with Crippen LogP contribution in [-0.4, -0.2) is 19.4 Å². The maximum Gasteiger partial charge on any atom is 0.298 e. The molecule has 0 saturated heterocycles. The third-order valence-electron chi connectivity index (χ3n) is 1.61. The van der Waals surface area contributed by atoms with E-state index in [1.807, 2.05) is 0 Å². The van der Waals surface area contributed by atoms with E-state index in [-0.39, 0.29) is 17.1 Å². The lowest BCUT2D eigenvalue weighted by atomic mass is 10.2. The van der Waals surface area contributed by atoms with Gasteiger partial charge in [-0.25, -0.2) is 0 Å². The fraction of sp³-hybridized carbons (Fsp3) is 0.125. The van der Waals surface area contributed by atoms with Gasteiger partial charge in [-0.2, -0.15) is 8.42 Å². The fourth-order valence-corrected chi connectivity index (χ4v) is 1.75. The summed E-state index contributed by atoms with van der Waals surface area (Å²) >= 11 is 0. The Morgan fingerprint density at radius 3 is 2.50 bits per heavy atom. The van der Waals surface area contributed by atoms with Crippen molar-refractivity contribution in [1.29, 1.82) is 0 Å². The molecule has 0 amide bonds. The molecule has 0 aromatic heterocycles. The van der Waals surface area contributed by atoms with E-state index < -0.39 is 10.1 Å². The first-order valence-electron chi connectivity index (χ1n) is 3.63. The molecule has 14 heavy (non-hydrogen) atoms. The minimum Gasteiger partial charge on any atom is -0.429 e. The van der Waals surface area contributed by atoms with E-state index in [0.717, 1.165) is 0 Å². The van der Waals surface area contributed by atoms with E-state index >= 15 is 0 Å². The van der Waals surface area contributed by atoms with Crippen LogP contribution in [0.15, 0.2) is 23.1 Å². The predicted octanol–water partition coefficient (Wildman–Crippen LogP) is 0.777. The molecule has 1 N–H and O–H groups in total. The van der Waals surface area contributed by atoms with Gasteiger partial charge in [0.2, 0.25) is 0 Å². The minimum absolute atomic E-state index is 0.198. The van der Waals surface area contributed by atoms with Crippen LogP contribution in [0.2, 0.25) is 0 Å². The molecule has 0 unspecified atom stereocenters. The van der Waals surface area contributed by atoms with Gasteiger partial charge >= 0.3 is 0 Å². The molecule has 5 nitrogen and oxygen atoms in total. The number of hydrogen-bond donors (Lipinski definition) is 1. The molecule has 0 radical (unpaired) electrons. The summed E-state index contributed by atoms with van der Waals surface area (Å²) in [6, 6.07) is 3.80. The van der Waals surface area contributed by atoms with Gasteiger partial charge in [0.15, 0.2) is 0 Å². The summed E-state index contributed by atoms with van der Waals surface area (Å²) in [5, 5.41) is 0. The largest absolute Gasteiger partial charge is 0.429 e. The van der Waals surface area contributed by atoms with Crippen molar-refractivity contribution < 1.29 is 22.5 Å². The van der Waals surface area contributed by atoms with Crippen molar-refractivity contribution in [3.8, 4) is 5.75 Å². The summed E-state index contributed by atoms with van der Waals surface area (Å²) in [4.78, 5) is 9.78. The molecule has 0 spiro atoms. The maximum absolute atomic E-state index is 10.8. The van der Waals surface area contributed by atoms with Gasteiger partial charge in [-0.15, -0.1) is 0 Å². The molecule has 1 aromatic carbocycles. The van der Waals surface area contributed by atoms with Gasteiger partial charge in [-0.05, 0) is 30.7 Å². The highest BCUT2D eigenvalue weighted by atomic mass is 32.2. The monoisotopic (exact) mass is 216 g/mol. The summed E-state index contributed by atoms with van der Waals surface area (Å²) < 4.78 is 34.8. The zero-order valence-corrected chi connectivity index (χ0v) is 8.11. The molecule has 6 heteroatoms. The molecule has 1 aromatic rings. The molecule has 0 aliphatic rings. The first-order valence-corrected chi connectivity index (χ1v) is 5.07. The number of ether oxygens (including phenoxy) is 1. The first-order chi connectivity index (χ1) is 6.45. The van der Waals surface area contributed by atoms with Crippen LogP contribution in [-0.2, 0) is 14.9 Å². The van der Waals surface area contributed by atoms with Crippen LogP contribution in [0.25, 0.3) is 0 Å². The quantitative estimate of drug-likeness (QED) is 0.596. The Labute approximate surface area is 81.1 Å². The van der Waals surface area contributed by atoms with Crippen molar-refractivity contribution in [2.24, 2.45) is 0 Å². The summed E-state index contributed by atoms with van der Waals surface area (Å²) in [5.41, 5.74) is 0.312. The van der Waals surface area contributed by atoms with E-state index in [4.69, 9.17) is 4.55 Å². The standard InChI is InChI=1S/C8H8O5S/c1-6-4-7(13-5-9)2-3-8(6)14(10,11)12/h2-5H,1H3,(H,10,11,12). The van der Waals surface area contributed by atoms with Crippen molar-refractivity contribution in [2.75, 3.05) is 0 Å². The topological polar surface area (TPSA) is 80.7 Å². The second-order valence-corrected chi connectivity index (χ2v) is 4.01. The zero-order valence-electron chi connectivity index (χ0n) is 7.30. The molecule has 76 valence electrons. The number of carbonyl (C=O) groups is 1. The van der Waals surface area contributed by atoms with E-state index in [9.17, 15) is 13.2 Å². The van der Waals surface area contributed by atoms with E-state index in [1.165, 1.54) is 25.1 Å². The maximum atomic E-state index is 10.8. The molecule has 0 fully saturated rings. The van der Waals surface area contributed by atoms with Crippen molar-refractivity contribution in [3.05, 3.63) is 23.8 Å². The van der Waals surface area contributed by atoms with Crippen molar-refractivity contribution in [1.82, 2.24) is 0 Å². The predicted molar refractivity (Wildman–Crippen MR) is 47.7 cm³/mol. The lowest BCUT2D eigenvalue weighted by Gasteiger charge is -2.03. The smallest absolute Gasteiger partial charge is 0.298 e. The molecule has 0 aliphatic carbocycles. The number of aryl methyl sites for hydroxylation is 1. The van der Waals surface area contributed by atoms with Gasteiger partial charge < -0.3 is 4.74 Å². The summed E-state index contributed by atoms with van der Waals surface area (Å²) in [7, 11) is -4.21. The Morgan fingerprint density at radius 1 is 1.43 bits per heavy atom. The summed E-state index contributed by atoms with van der Waals surface area (Å²) in [6.45, 7) is 1.72. The SMILES string of the molecule is Cc1cc(OC=O)ccc1S(=O)(=O)O. The number of benzene rings is 1. The highest BCUT2D eigenvalue weighted by Gasteiger charge is 2.13. The molecule has 0 saturated carbocycles. The molecular weight excluding hydrogens is 208 g/mol. The van der Waals surface area contributed by atoms with Gasteiger partial charge in [0.1, 0.15) is 5.75 Å².